The summed E-state index contributed by atoms with van der Waals surface area (Å²) in [5.41, 5.74) is 1.14. The van der Waals surface area contributed by atoms with Crippen LogP contribution in [0.5, 0.6) is 5.75 Å². The van der Waals surface area contributed by atoms with Crippen LogP contribution in [0, 0.1) is 0 Å². The Labute approximate surface area is 108 Å². The lowest BCUT2D eigenvalue weighted by molar-refractivity contribution is -0.253. The minimum atomic E-state index is -0.456. The average molecular weight is 251 g/mol. The molecule has 1 aromatic rings. The number of methoxy groups -OCH3 is 1. The summed E-state index contributed by atoms with van der Waals surface area (Å²) in [4.78, 5) is 0. The summed E-state index contributed by atoms with van der Waals surface area (Å²) in [5.74, 6) is 0.450. The minimum Gasteiger partial charge on any atom is -0.496 e. The first-order chi connectivity index (χ1) is 8.61. The van der Waals surface area contributed by atoms with E-state index in [2.05, 4.69) is 11.4 Å². The van der Waals surface area contributed by atoms with E-state index in [1.54, 1.807) is 7.11 Å². The van der Waals surface area contributed by atoms with E-state index >= 15 is 0 Å². The van der Waals surface area contributed by atoms with E-state index in [1.807, 2.05) is 32.0 Å². The van der Waals surface area contributed by atoms with Gasteiger partial charge in [0.05, 0.1) is 26.4 Å². The molecule has 0 unspecified atom stereocenters. The standard InChI is InChI=1S/C14H21NO3/c1-14(2)17-9-12(10-18-14)15-8-11-6-4-5-7-13(11)16-3/h4-7,12,15H,8-10H2,1-3H3. The zero-order valence-electron chi connectivity index (χ0n) is 11.2. The number of nitrogens with one attached hydrogen (secondary N) is 1. The first kappa shape index (κ1) is 13.3. The molecule has 0 bridgehead atoms. The molecule has 0 aliphatic carbocycles. The van der Waals surface area contributed by atoms with Crippen LogP contribution in [-0.2, 0) is 16.0 Å². The van der Waals surface area contributed by atoms with Gasteiger partial charge in [-0.3, -0.25) is 0 Å². The lowest BCUT2D eigenvalue weighted by Crippen LogP contribution is -2.48. The van der Waals surface area contributed by atoms with Gasteiger partial charge in [-0.15, -0.1) is 0 Å². The van der Waals surface area contributed by atoms with Crippen molar-refractivity contribution in [3.8, 4) is 5.75 Å². The molecule has 0 amide bonds. The van der Waals surface area contributed by atoms with Crippen LogP contribution < -0.4 is 10.1 Å². The van der Waals surface area contributed by atoms with Crippen molar-refractivity contribution in [3.63, 3.8) is 0 Å². The van der Waals surface area contributed by atoms with Crippen molar-refractivity contribution in [2.24, 2.45) is 0 Å². The Morgan fingerprint density at radius 2 is 1.94 bits per heavy atom. The lowest BCUT2D eigenvalue weighted by atomic mass is 10.2. The molecule has 1 N–H and O–H groups in total. The second-order valence-corrected chi connectivity index (χ2v) is 4.91. The van der Waals surface area contributed by atoms with Crippen molar-refractivity contribution in [1.82, 2.24) is 5.32 Å². The van der Waals surface area contributed by atoms with E-state index in [9.17, 15) is 0 Å². The van der Waals surface area contributed by atoms with E-state index in [4.69, 9.17) is 14.2 Å². The van der Waals surface area contributed by atoms with Gasteiger partial charge in [-0.2, -0.15) is 0 Å². The number of hydrogen-bond donors (Lipinski definition) is 1. The smallest absolute Gasteiger partial charge is 0.162 e. The van der Waals surface area contributed by atoms with Gasteiger partial charge in [0.2, 0.25) is 0 Å². The van der Waals surface area contributed by atoms with Crippen molar-refractivity contribution < 1.29 is 14.2 Å². The topological polar surface area (TPSA) is 39.7 Å². The molecule has 4 nitrogen and oxygen atoms in total. The number of rotatable bonds is 4. The first-order valence-corrected chi connectivity index (χ1v) is 6.24. The summed E-state index contributed by atoms with van der Waals surface area (Å²) < 4.78 is 16.5. The highest BCUT2D eigenvalue weighted by molar-refractivity contribution is 5.33. The van der Waals surface area contributed by atoms with Gasteiger partial charge in [-0.1, -0.05) is 18.2 Å². The quantitative estimate of drug-likeness (QED) is 0.887. The van der Waals surface area contributed by atoms with E-state index in [0.29, 0.717) is 13.2 Å². The molecule has 1 aliphatic rings. The van der Waals surface area contributed by atoms with Crippen LogP contribution in [-0.4, -0.2) is 32.2 Å². The molecule has 4 heteroatoms. The average Bonchev–Trinajstić information content (AvgIpc) is 2.38. The van der Waals surface area contributed by atoms with Crippen LogP contribution in [0.25, 0.3) is 0 Å². The fraction of sp³-hybridized carbons (Fsp3) is 0.571. The minimum absolute atomic E-state index is 0.225. The van der Waals surface area contributed by atoms with Gasteiger partial charge in [0.25, 0.3) is 0 Å². The molecule has 1 heterocycles. The van der Waals surface area contributed by atoms with Crippen LogP contribution in [0.3, 0.4) is 0 Å². The third kappa shape index (κ3) is 3.45. The second-order valence-electron chi connectivity index (χ2n) is 4.91. The number of ether oxygens (including phenoxy) is 3. The Hall–Kier alpha value is -1.10. The predicted octanol–water partition coefficient (Wildman–Crippen LogP) is 1.94. The van der Waals surface area contributed by atoms with Crippen LogP contribution in [0.2, 0.25) is 0 Å². The highest BCUT2D eigenvalue weighted by Gasteiger charge is 2.27. The predicted molar refractivity (Wildman–Crippen MR) is 69.6 cm³/mol. The van der Waals surface area contributed by atoms with Gasteiger partial charge < -0.3 is 19.5 Å². The summed E-state index contributed by atoms with van der Waals surface area (Å²) in [6.07, 6.45) is 0. The Morgan fingerprint density at radius 3 is 2.61 bits per heavy atom. The monoisotopic (exact) mass is 251 g/mol. The molecule has 1 aliphatic heterocycles. The molecule has 0 saturated carbocycles. The van der Waals surface area contributed by atoms with Gasteiger partial charge in [0, 0.05) is 12.1 Å². The number of benzene rings is 1. The van der Waals surface area contributed by atoms with Crippen molar-refractivity contribution in [1.29, 1.82) is 0 Å². The summed E-state index contributed by atoms with van der Waals surface area (Å²) >= 11 is 0. The third-order valence-corrected chi connectivity index (χ3v) is 3.04. The highest BCUT2D eigenvalue weighted by atomic mass is 16.7. The molecule has 1 aromatic carbocycles. The van der Waals surface area contributed by atoms with Crippen LogP contribution >= 0.6 is 0 Å². The third-order valence-electron chi connectivity index (χ3n) is 3.04. The van der Waals surface area contributed by atoms with Crippen molar-refractivity contribution in [2.45, 2.75) is 32.2 Å². The van der Waals surface area contributed by atoms with E-state index in [1.165, 1.54) is 0 Å². The summed E-state index contributed by atoms with van der Waals surface area (Å²) in [5, 5.41) is 3.42. The summed E-state index contributed by atoms with van der Waals surface area (Å²) in [7, 11) is 1.69. The Balaban J connectivity index is 1.85. The Bertz CT molecular complexity index is 382. The molecule has 1 fully saturated rings. The van der Waals surface area contributed by atoms with Gasteiger partial charge in [0.15, 0.2) is 5.79 Å². The van der Waals surface area contributed by atoms with Crippen molar-refractivity contribution in [2.75, 3.05) is 20.3 Å². The second kappa shape index (κ2) is 5.69. The normalized spacial score (nSPS) is 19.7. The van der Waals surface area contributed by atoms with Crippen molar-refractivity contribution >= 4 is 0 Å². The van der Waals surface area contributed by atoms with Gasteiger partial charge in [-0.05, 0) is 19.9 Å². The fourth-order valence-corrected chi connectivity index (χ4v) is 1.91. The molecule has 0 aromatic heterocycles. The maximum Gasteiger partial charge on any atom is 0.162 e. The van der Waals surface area contributed by atoms with Crippen LogP contribution in [0.4, 0.5) is 0 Å². The van der Waals surface area contributed by atoms with E-state index in [0.717, 1.165) is 17.9 Å². The molecule has 0 spiro atoms. The molecule has 1 saturated heterocycles. The molecular formula is C14H21NO3. The zero-order valence-corrected chi connectivity index (χ0v) is 11.2. The van der Waals surface area contributed by atoms with Crippen LogP contribution in [0.1, 0.15) is 19.4 Å². The number of para-hydroxylation sites is 1. The molecule has 18 heavy (non-hydrogen) atoms. The maximum atomic E-state index is 5.61. The summed E-state index contributed by atoms with van der Waals surface area (Å²) in [6, 6.07) is 8.23. The zero-order chi connectivity index (χ0) is 13.0. The fourth-order valence-electron chi connectivity index (χ4n) is 1.91. The van der Waals surface area contributed by atoms with Gasteiger partial charge >= 0.3 is 0 Å². The van der Waals surface area contributed by atoms with Crippen molar-refractivity contribution in [3.05, 3.63) is 29.8 Å². The molecule has 0 radical (unpaired) electrons. The Kier molecular flexibility index (Phi) is 4.22. The summed E-state index contributed by atoms with van der Waals surface area (Å²) in [6.45, 7) is 5.96. The van der Waals surface area contributed by atoms with Gasteiger partial charge in [0.1, 0.15) is 5.75 Å². The largest absolute Gasteiger partial charge is 0.496 e. The lowest BCUT2D eigenvalue weighted by Gasteiger charge is -2.35. The molecular weight excluding hydrogens is 230 g/mol. The van der Waals surface area contributed by atoms with E-state index < -0.39 is 5.79 Å². The Morgan fingerprint density at radius 1 is 1.28 bits per heavy atom. The van der Waals surface area contributed by atoms with E-state index in [-0.39, 0.29) is 6.04 Å². The SMILES string of the molecule is COc1ccccc1CNC1COC(C)(C)OC1. The van der Waals surface area contributed by atoms with Crippen LogP contribution in [0.15, 0.2) is 24.3 Å². The highest BCUT2D eigenvalue weighted by Crippen LogP contribution is 2.19. The number of hydrogen-bond acceptors (Lipinski definition) is 4. The molecule has 0 atom stereocenters. The maximum absolute atomic E-state index is 5.61. The first-order valence-electron chi connectivity index (χ1n) is 6.24. The van der Waals surface area contributed by atoms with Gasteiger partial charge in [-0.25, -0.2) is 0 Å². The molecule has 2 rings (SSSR count). The molecule has 100 valence electrons.